The lowest BCUT2D eigenvalue weighted by Gasteiger charge is -2.12. The normalized spacial score (nSPS) is 10.5. The van der Waals surface area contributed by atoms with Crippen LogP contribution in [0.1, 0.15) is 16.1 Å². The number of hydrogen-bond acceptors (Lipinski definition) is 9. The molecule has 4 rings (SSSR count). The first-order valence-corrected chi connectivity index (χ1v) is 9.71. The van der Waals surface area contributed by atoms with Gasteiger partial charge in [-0.1, -0.05) is 30.3 Å². The molecule has 0 saturated heterocycles. The van der Waals surface area contributed by atoms with Gasteiger partial charge in [-0.15, -0.1) is 0 Å². The smallest absolute Gasteiger partial charge is 0.374 e. The van der Waals surface area contributed by atoms with E-state index >= 15 is 0 Å². The Kier molecular flexibility index (Phi) is 5.94. The van der Waals surface area contributed by atoms with Crippen molar-refractivity contribution in [3.63, 3.8) is 0 Å². The summed E-state index contributed by atoms with van der Waals surface area (Å²) in [7, 11) is 1.43. The highest BCUT2D eigenvalue weighted by Gasteiger charge is 2.26. The highest BCUT2D eigenvalue weighted by Crippen LogP contribution is 2.36. The molecule has 0 atom stereocenters. The van der Waals surface area contributed by atoms with Crippen LogP contribution in [0.5, 0.6) is 17.4 Å². The quantitative estimate of drug-likeness (QED) is 0.320. The van der Waals surface area contributed by atoms with Crippen LogP contribution in [0.4, 0.5) is 11.5 Å². The van der Waals surface area contributed by atoms with E-state index in [0.29, 0.717) is 17.0 Å². The predicted molar refractivity (Wildman–Crippen MR) is 119 cm³/mol. The molecule has 0 aliphatic heterocycles. The zero-order valence-corrected chi connectivity index (χ0v) is 17.6. The highest BCUT2D eigenvalue weighted by molar-refractivity contribution is 5.97. The second kappa shape index (κ2) is 9.14. The number of benzene rings is 2. The molecule has 0 radical (unpaired) electrons. The molecule has 1 amide bonds. The molecule has 0 unspecified atom stereocenters. The highest BCUT2D eigenvalue weighted by atomic mass is 16.6. The minimum atomic E-state index is -0.698. The number of aromatic nitrogens is 3. The molecule has 4 aromatic rings. The van der Waals surface area contributed by atoms with Crippen LogP contribution in [0, 0.1) is 17.0 Å². The van der Waals surface area contributed by atoms with Crippen molar-refractivity contribution in [1.82, 2.24) is 20.4 Å². The predicted octanol–water partition coefficient (Wildman–Crippen LogP) is 3.80. The summed E-state index contributed by atoms with van der Waals surface area (Å²) in [5.41, 5.74) is 5.83. The van der Waals surface area contributed by atoms with Gasteiger partial charge < -0.3 is 9.47 Å². The van der Waals surface area contributed by atoms with E-state index in [4.69, 9.17) is 9.47 Å². The van der Waals surface area contributed by atoms with E-state index in [1.807, 2.05) is 25.1 Å². The van der Waals surface area contributed by atoms with Gasteiger partial charge >= 0.3 is 11.6 Å². The molecule has 2 N–H and O–H groups in total. The number of methoxy groups -OCH3 is 1. The Labute approximate surface area is 187 Å². The number of para-hydroxylation sites is 2. The van der Waals surface area contributed by atoms with Crippen molar-refractivity contribution in [2.75, 3.05) is 12.5 Å². The largest absolute Gasteiger partial charge is 0.496 e. The molecule has 0 fully saturated rings. The van der Waals surface area contributed by atoms with Crippen molar-refractivity contribution >= 4 is 28.3 Å². The second-order valence-electron chi connectivity index (χ2n) is 6.80. The number of aryl methyl sites for hydroxylation is 1. The van der Waals surface area contributed by atoms with Gasteiger partial charge in [-0.3, -0.25) is 25.8 Å². The van der Waals surface area contributed by atoms with E-state index in [1.54, 1.807) is 36.4 Å². The van der Waals surface area contributed by atoms with Crippen LogP contribution < -0.4 is 20.3 Å². The van der Waals surface area contributed by atoms with Crippen LogP contribution in [0.25, 0.3) is 10.9 Å². The molecule has 166 valence electrons. The summed E-state index contributed by atoms with van der Waals surface area (Å²) in [6, 6.07) is 15.5. The molecule has 0 aliphatic carbocycles. The molecule has 0 aliphatic rings. The number of nitrogens with zero attached hydrogens (tertiary/aromatic N) is 4. The number of ether oxygens (including phenoxy) is 2. The van der Waals surface area contributed by atoms with Crippen LogP contribution in [-0.4, -0.2) is 32.9 Å². The van der Waals surface area contributed by atoms with Gasteiger partial charge in [0.25, 0.3) is 5.91 Å². The van der Waals surface area contributed by atoms with E-state index in [2.05, 4.69) is 25.8 Å². The Balaban J connectivity index is 1.64. The first kappa shape index (κ1) is 21.4. The monoisotopic (exact) mass is 446 g/mol. The van der Waals surface area contributed by atoms with Crippen molar-refractivity contribution in [1.29, 1.82) is 0 Å². The molecule has 2 heterocycles. The number of pyridine rings is 1. The van der Waals surface area contributed by atoms with Gasteiger partial charge in [0, 0.05) is 11.1 Å². The summed E-state index contributed by atoms with van der Waals surface area (Å²) < 4.78 is 10.9. The first-order chi connectivity index (χ1) is 16.0. The fraction of sp³-hybridized carbons (Fsp3) is 0.0909. The number of hydrogen-bond donors (Lipinski definition) is 2. The van der Waals surface area contributed by atoms with E-state index in [-0.39, 0.29) is 17.3 Å². The number of carbonyl (C=O) groups excluding carboxylic acids is 1. The van der Waals surface area contributed by atoms with Gasteiger partial charge in [0.2, 0.25) is 5.82 Å². The zero-order valence-electron chi connectivity index (χ0n) is 17.6. The number of hydrazine groups is 1. The molecule has 0 bridgehead atoms. The van der Waals surface area contributed by atoms with Crippen molar-refractivity contribution in [2.24, 2.45) is 0 Å². The summed E-state index contributed by atoms with van der Waals surface area (Å²) in [6.07, 6.45) is 1.09. The van der Waals surface area contributed by atoms with Crippen molar-refractivity contribution in [3.05, 3.63) is 82.3 Å². The maximum Gasteiger partial charge on any atom is 0.374 e. The van der Waals surface area contributed by atoms with Crippen LogP contribution >= 0.6 is 0 Å². The van der Waals surface area contributed by atoms with E-state index in [1.165, 1.54) is 7.11 Å². The average Bonchev–Trinajstić information content (AvgIpc) is 2.82. The molecular weight excluding hydrogens is 428 g/mol. The van der Waals surface area contributed by atoms with Crippen LogP contribution in [-0.2, 0) is 0 Å². The fourth-order valence-corrected chi connectivity index (χ4v) is 3.11. The first-order valence-electron chi connectivity index (χ1n) is 9.71. The van der Waals surface area contributed by atoms with Crippen molar-refractivity contribution in [3.8, 4) is 17.4 Å². The number of fused-ring (bicyclic) bond motifs is 1. The Hall–Kier alpha value is -4.80. The van der Waals surface area contributed by atoms with Crippen LogP contribution in [0.3, 0.4) is 0 Å². The van der Waals surface area contributed by atoms with Crippen molar-refractivity contribution in [2.45, 2.75) is 6.92 Å². The molecule has 33 heavy (non-hydrogen) atoms. The lowest BCUT2D eigenvalue weighted by molar-refractivity contribution is -0.385. The summed E-state index contributed by atoms with van der Waals surface area (Å²) in [5, 5.41) is 12.6. The summed E-state index contributed by atoms with van der Waals surface area (Å²) in [6.45, 7) is 1.83. The van der Waals surface area contributed by atoms with Gasteiger partial charge in [0.15, 0.2) is 5.75 Å². The molecule has 11 nitrogen and oxygen atoms in total. The fourth-order valence-electron chi connectivity index (χ4n) is 3.11. The molecule has 0 spiro atoms. The number of carbonyl (C=O) groups is 1. The molecule has 2 aromatic carbocycles. The van der Waals surface area contributed by atoms with Crippen LogP contribution in [0.15, 0.2) is 60.9 Å². The standard InChI is InChI=1S/C22H18N6O5/c1-13-10-11-14-6-5-9-17(18(14)25-13)33-22-19(28(30)31)20(23-12-24-22)26-27-21(29)15-7-3-4-8-16(15)32-2/h3-12H,1-2H3,(H,27,29)(H,23,24,26). The van der Waals surface area contributed by atoms with Gasteiger partial charge in [-0.25, -0.2) is 9.97 Å². The molecule has 2 aromatic heterocycles. The van der Waals surface area contributed by atoms with E-state index in [0.717, 1.165) is 17.4 Å². The molecule has 0 saturated carbocycles. The SMILES string of the molecule is COc1ccccc1C(=O)NNc1ncnc(Oc2cccc3ccc(C)nc23)c1[N+](=O)[O-]. The summed E-state index contributed by atoms with van der Waals surface area (Å²) in [4.78, 5) is 35.9. The Morgan fingerprint density at radius 3 is 2.61 bits per heavy atom. The maximum atomic E-state index is 12.5. The summed E-state index contributed by atoms with van der Waals surface area (Å²) >= 11 is 0. The van der Waals surface area contributed by atoms with E-state index in [9.17, 15) is 14.9 Å². The van der Waals surface area contributed by atoms with Gasteiger partial charge in [-0.2, -0.15) is 4.98 Å². The Morgan fingerprint density at radius 2 is 1.82 bits per heavy atom. The zero-order chi connectivity index (χ0) is 23.4. The number of amides is 1. The lowest BCUT2D eigenvalue weighted by atomic mass is 10.2. The third-order valence-electron chi connectivity index (χ3n) is 4.65. The number of nitrogens with one attached hydrogen (secondary N) is 2. The third-order valence-corrected chi connectivity index (χ3v) is 4.65. The maximum absolute atomic E-state index is 12.5. The number of rotatable bonds is 7. The lowest BCUT2D eigenvalue weighted by Crippen LogP contribution is -2.30. The third kappa shape index (κ3) is 4.46. The topological polar surface area (TPSA) is 141 Å². The van der Waals surface area contributed by atoms with E-state index < -0.39 is 16.5 Å². The number of anilines is 1. The van der Waals surface area contributed by atoms with Gasteiger partial charge in [0.1, 0.15) is 17.6 Å². The van der Waals surface area contributed by atoms with Gasteiger partial charge in [-0.05, 0) is 31.2 Å². The van der Waals surface area contributed by atoms with Gasteiger partial charge in [0.05, 0.1) is 17.6 Å². The Bertz CT molecular complexity index is 1360. The minimum Gasteiger partial charge on any atom is -0.496 e. The number of nitro groups is 1. The Morgan fingerprint density at radius 1 is 1.03 bits per heavy atom. The average molecular weight is 446 g/mol. The molecule has 11 heteroatoms. The summed E-state index contributed by atoms with van der Waals surface area (Å²) in [5.74, 6) is -0.493. The van der Waals surface area contributed by atoms with Crippen LogP contribution in [0.2, 0.25) is 0 Å². The minimum absolute atomic E-state index is 0.234. The molecular formula is C22H18N6O5. The second-order valence-corrected chi connectivity index (χ2v) is 6.80. The van der Waals surface area contributed by atoms with Crippen molar-refractivity contribution < 1.29 is 19.2 Å².